The van der Waals surface area contributed by atoms with Crippen molar-refractivity contribution in [2.45, 2.75) is 80.6 Å². The third kappa shape index (κ3) is 12.4. The molecule has 1 aliphatic heterocycles. The first-order chi connectivity index (χ1) is 18.6. The van der Waals surface area contributed by atoms with Crippen LogP contribution in [0.2, 0.25) is 0 Å². The van der Waals surface area contributed by atoms with Crippen LogP contribution in [0.5, 0.6) is 0 Å². The van der Waals surface area contributed by atoms with Gasteiger partial charge in [0.1, 0.15) is 0 Å². The van der Waals surface area contributed by atoms with Crippen molar-refractivity contribution in [1.29, 1.82) is 0 Å². The number of allylic oxidation sites excluding steroid dienone is 6. The van der Waals surface area contributed by atoms with E-state index in [1.165, 1.54) is 71.4 Å². The predicted molar refractivity (Wildman–Crippen MR) is 181 cm³/mol. The number of rotatable bonds is 8. The molecule has 1 saturated heterocycles. The Morgan fingerprint density at radius 3 is 1.97 bits per heavy atom. The van der Waals surface area contributed by atoms with Crippen molar-refractivity contribution in [3.05, 3.63) is 118 Å². The molecule has 0 aromatic heterocycles. The Labute approximate surface area is 249 Å². The lowest BCUT2D eigenvalue weighted by Gasteiger charge is -2.34. The molecule has 1 nitrogen and oxygen atoms in total. The molecular weight excluding hydrogens is 538 g/mol. The van der Waals surface area contributed by atoms with Crippen LogP contribution in [0.1, 0.15) is 89.5 Å². The zero-order valence-electron chi connectivity index (χ0n) is 25.7. The van der Waals surface area contributed by atoms with E-state index in [0.29, 0.717) is 0 Å². The fourth-order valence-electron chi connectivity index (χ4n) is 4.34. The van der Waals surface area contributed by atoms with Crippen LogP contribution in [-0.2, 0) is 6.42 Å². The van der Waals surface area contributed by atoms with Gasteiger partial charge in [-0.25, -0.2) is 0 Å². The third-order valence-corrected chi connectivity index (χ3v) is 8.51. The largest absolute Gasteiger partial charge is 0.372 e. The number of piperidine rings is 1. The Bertz CT molecular complexity index is 1100. The molecule has 39 heavy (non-hydrogen) atoms. The number of aryl methyl sites for hydroxylation is 2. The van der Waals surface area contributed by atoms with Crippen LogP contribution >= 0.6 is 15.9 Å². The lowest BCUT2D eigenvalue weighted by molar-refractivity contribution is 0.251. The van der Waals surface area contributed by atoms with Crippen LogP contribution in [-0.4, -0.2) is 18.0 Å². The van der Waals surface area contributed by atoms with Gasteiger partial charge in [-0.15, -0.1) is 0 Å². The zero-order chi connectivity index (χ0) is 29.4. The lowest BCUT2D eigenvalue weighted by Crippen LogP contribution is -2.31. The predicted octanol–water partition coefficient (Wildman–Crippen LogP) is 11.6. The van der Waals surface area contributed by atoms with E-state index in [1.54, 1.807) is 6.08 Å². The smallest absolute Gasteiger partial charge is 0.0366 e. The van der Waals surface area contributed by atoms with E-state index in [9.17, 15) is 0 Å². The molecule has 0 amide bonds. The van der Waals surface area contributed by atoms with E-state index >= 15 is 0 Å². The summed E-state index contributed by atoms with van der Waals surface area (Å²) in [6.07, 6.45) is 10.1. The molecule has 212 valence electrons. The Hall–Kier alpha value is -2.58. The second-order valence-electron chi connectivity index (χ2n) is 10.6. The molecular formula is C37H52BrN. The maximum atomic E-state index is 4.28. The van der Waals surface area contributed by atoms with Gasteiger partial charge in [-0.2, -0.15) is 0 Å². The summed E-state index contributed by atoms with van der Waals surface area (Å²) in [6, 6.07) is 17.2. The minimum atomic E-state index is 0.927. The first-order valence-corrected chi connectivity index (χ1v) is 15.3. The van der Waals surface area contributed by atoms with Crippen molar-refractivity contribution in [2.24, 2.45) is 5.92 Å². The second-order valence-corrected chi connectivity index (χ2v) is 11.4. The van der Waals surface area contributed by atoms with Gasteiger partial charge in [0.25, 0.3) is 0 Å². The summed E-state index contributed by atoms with van der Waals surface area (Å²) >= 11 is 3.30. The standard InChI is InChI=1S/C17H25N.C14H18.C6H9Br/c1-4-15-6-8-17(9-7-15)14(3)18-12-10-16(5-2)11-13-18;1-5-11(2)10-13(4)14-9-7-6-8-12(14)3;1-4-6(7)5(2)3/h6-9,16H,3-5,10-13H2,1-2H3;6-10H,4-5H2,1-3H3;4H,1H2,2-3H3/b;11-10-;. The highest BCUT2D eigenvalue weighted by Crippen LogP contribution is 2.26. The maximum absolute atomic E-state index is 4.28. The molecule has 0 saturated carbocycles. The first-order valence-electron chi connectivity index (χ1n) is 14.5. The molecule has 1 fully saturated rings. The molecule has 0 N–H and O–H groups in total. The quantitative estimate of drug-likeness (QED) is 0.277. The fourth-order valence-corrected chi connectivity index (χ4v) is 4.34. The molecule has 0 spiro atoms. The normalized spacial score (nSPS) is 13.3. The summed E-state index contributed by atoms with van der Waals surface area (Å²) in [7, 11) is 0. The van der Waals surface area contributed by atoms with Crippen LogP contribution in [0.25, 0.3) is 11.3 Å². The minimum absolute atomic E-state index is 0.927. The van der Waals surface area contributed by atoms with Crippen LogP contribution < -0.4 is 0 Å². The van der Waals surface area contributed by atoms with Crippen molar-refractivity contribution < 1.29 is 0 Å². The monoisotopic (exact) mass is 589 g/mol. The van der Waals surface area contributed by atoms with Gasteiger partial charge in [-0.1, -0.05) is 135 Å². The number of hydrogen-bond acceptors (Lipinski definition) is 1. The van der Waals surface area contributed by atoms with Crippen LogP contribution in [0.4, 0.5) is 0 Å². The first kappa shape index (κ1) is 34.4. The Morgan fingerprint density at radius 2 is 1.54 bits per heavy atom. The van der Waals surface area contributed by atoms with E-state index in [4.69, 9.17) is 0 Å². The highest BCUT2D eigenvalue weighted by molar-refractivity contribution is 9.11. The van der Waals surface area contributed by atoms with Gasteiger partial charge in [-0.05, 0) is 87.1 Å². The Morgan fingerprint density at radius 1 is 0.949 bits per heavy atom. The van der Waals surface area contributed by atoms with Crippen molar-refractivity contribution >= 4 is 27.2 Å². The lowest BCUT2D eigenvalue weighted by atomic mass is 9.93. The summed E-state index contributed by atoms with van der Waals surface area (Å²) < 4.78 is 1.09. The summed E-state index contributed by atoms with van der Waals surface area (Å²) in [5.74, 6) is 0.927. The highest BCUT2D eigenvalue weighted by Gasteiger charge is 2.19. The minimum Gasteiger partial charge on any atom is -0.372 e. The van der Waals surface area contributed by atoms with Gasteiger partial charge in [0.05, 0.1) is 0 Å². The van der Waals surface area contributed by atoms with E-state index in [-0.39, 0.29) is 0 Å². The van der Waals surface area contributed by atoms with Gasteiger partial charge in [0, 0.05) is 23.3 Å². The average molecular weight is 591 g/mol. The van der Waals surface area contributed by atoms with Gasteiger partial charge in [-0.3, -0.25) is 0 Å². The molecule has 0 aliphatic carbocycles. The van der Waals surface area contributed by atoms with Crippen LogP contribution in [0, 0.1) is 12.8 Å². The molecule has 2 heteroatoms. The second kappa shape index (κ2) is 18.7. The number of benzene rings is 2. The SMILES string of the molecule is C=C(/C=C(/C)CC)c1ccccc1C.C=C(c1ccc(CC)cc1)N1CCC(CC)CC1.C=CC(Br)=C(C)C. The van der Waals surface area contributed by atoms with Crippen LogP contribution in [0.15, 0.2) is 96.0 Å². The molecule has 1 heterocycles. The van der Waals surface area contributed by atoms with Crippen molar-refractivity contribution in [1.82, 2.24) is 4.90 Å². The average Bonchev–Trinajstić information content (AvgIpc) is 2.97. The molecule has 0 unspecified atom stereocenters. The molecule has 3 rings (SSSR count). The molecule has 2 aromatic rings. The van der Waals surface area contributed by atoms with E-state index in [2.05, 4.69) is 130 Å². The molecule has 0 radical (unpaired) electrons. The summed E-state index contributed by atoms with van der Waals surface area (Å²) in [6.45, 7) is 29.3. The summed E-state index contributed by atoms with van der Waals surface area (Å²) in [5, 5.41) is 0. The topological polar surface area (TPSA) is 3.24 Å². The summed E-state index contributed by atoms with van der Waals surface area (Å²) in [4.78, 5) is 2.45. The highest BCUT2D eigenvalue weighted by atomic mass is 79.9. The Kier molecular flexibility index (Phi) is 16.5. The zero-order valence-corrected chi connectivity index (χ0v) is 27.3. The third-order valence-electron chi connectivity index (χ3n) is 7.40. The van der Waals surface area contributed by atoms with E-state index in [1.807, 2.05) is 13.8 Å². The van der Waals surface area contributed by atoms with Crippen molar-refractivity contribution in [2.75, 3.05) is 13.1 Å². The fraction of sp³-hybridized carbons (Fsp3) is 0.405. The molecule has 1 aliphatic rings. The van der Waals surface area contributed by atoms with Gasteiger partial charge >= 0.3 is 0 Å². The van der Waals surface area contributed by atoms with Gasteiger partial charge < -0.3 is 4.90 Å². The molecule has 0 bridgehead atoms. The number of halogens is 1. The van der Waals surface area contributed by atoms with Gasteiger partial charge in [0.15, 0.2) is 0 Å². The maximum Gasteiger partial charge on any atom is 0.0366 e. The van der Waals surface area contributed by atoms with E-state index < -0.39 is 0 Å². The number of likely N-dealkylation sites (tertiary alicyclic amines) is 1. The van der Waals surface area contributed by atoms with Gasteiger partial charge in [0.2, 0.25) is 0 Å². The molecule has 0 atom stereocenters. The Balaban J connectivity index is 0.000000322. The molecule has 2 aromatic carbocycles. The number of hydrogen-bond donors (Lipinski definition) is 0. The van der Waals surface area contributed by atoms with E-state index in [0.717, 1.165) is 28.8 Å². The van der Waals surface area contributed by atoms with Crippen LogP contribution in [0.3, 0.4) is 0 Å². The van der Waals surface area contributed by atoms with Crippen molar-refractivity contribution in [3.63, 3.8) is 0 Å². The number of nitrogens with zero attached hydrogens (tertiary/aromatic N) is 1. The summed E-state index contributed by atoms with van der Waals surface area (Å²) in [5.41, 5.74) is 10.2. The van der Waals surface area contributed by atoms with Crippen molar-refractivity contribution in [3.8, 4) is 0 Å².